The van der Waals surface area contributed by atoms with Crippen LogP contribution in [0, 0.1) is 0 Å². The molecule has 2 aliphatic heterocycles. The minimum atomic E-state index is -0.0630. The number of benzene rings is 1. The molecule has 0 unspecified atom stereocenters. The molecule has 2 aliphatic rings. The molecule has 1 aromatic rings. The molecule has 80 valence electrons. The number of ether oxygens (including phenoxy) is 2. The van der Waals surface area contributed by atoms with Gasteiger partial charge in [-0.1, -0.05) is 12.1 Å². The van der Waals surface area contributed by atoms with Crippen LogP contribution in [0.2, 0.25) is 0 Å². The predicted octanol–water partition coefficient (Wildman–Crippen LogP) is 2.17. The molecular weight excluding hydrogens is 208 g/mol. The van der Waals surface area contributed by atoms with Crippen LogP contribution in [-0.4, -0.2) is 19.8 Å². The van der Waals surface area contributed by atoms with Gasteiger partial charge in [-0.25, -0.2) is 0 Å². The van der Waals surface area contributed by atoms with Crippen molar-refractivity contribution in [1.82, 2.24) is 0 Å². The molecule has 0 spiro atoms. The van der Waals surface area contributed by atoms with Crippen molar-refractivity contribution >= 4 is 12.6 Å². The van der Waals surface area contributed by atoms with Crippen LogP contribution in [0.3, 0.4) is 0 Å². The van der Waals surface area contributed by atoms with Gasteiger partial charge in [0.1, 0.15) is 5.75 Å². The fourth-order valence-corrected chi connectivity index (χ4v) is 2.43. The van der Waals surface area contributed by atoms with Gasteiger partial charge in [0.15, 0.2) is 0 Å². The Morgan fingerprint density at radius 3 is 2.87 bits per heavy atom. The molecule has 0 amide bonds. The summed E-state index contributed by atoms with van der Waals surface area (Å²) in [6, 6.07) is 6.41. The summed E-state index contributed by atoms with van der Waals surface area (Å²) in [6.07, 6.45) is 2.24. The molecule has 1 aromatic carbocycles. The van der Waals surface area contributed by atoms with Crippen LogP contribution in [0.25, 0.3) is 0 Å². The minimum absolute atomic E-state index is 0.0630. The molecule has 0 bridgehead atoms. The van der Waals surface area contributed by atoms with E-state index in [0.717, 1.165) is 38.4 Å². The van der Waals surface area contributed by atoms with E-state index in [2.05, 4.69) is 30.8 Å². The summed E-state index contributed by atoms with van der Waals surface area (Å²) in [6.45, 7) is 2.28. The summed E-state index contributed by atoms with van der Waals surface area (Å²) in [7, 11) is 0. The number of hydrogen-bond acceptors (Lipinski definition) is 3. The zero-order valence-electron chi connectivity index (χ0n) is 8.53. The van der Waals surface area contributed by atoms with E-state index in [-0.39, 0.29) is 4.75 Å². The lowest BCUT2D eigenvalue weighted by molar-refractivity contribution is -0.00975. The second-order valence-electron chi connectivity index (χ2n) is 4.30. The number of hydrogen-bond donors (Lipinski definition) is 1. The summed E-state index contributed by atoms with van der Waals surface area (Å²) in [4.78, 5) is 0. The largest absolute Gasteiger partial charge is 0.493 e. The lowest BCUT2D eigenvalue weighted by atomic mass is 9.93. The lowest BCUT2D eigenvalue weighted by Crippen LogP contribution is -2.41. The first-order chi connectivity index (χ1) is 7.28. The maximum Gasteiger partial charge on any atom is 0.122 e. The first-order valence-electron chi connectivity index (χ1n) is 5.34. The zero-order chi connectivity index (χ0) is 10.3. The molecule has 2 nitrogen and oxygen atoms in total. The van der Waals surface area contributed by atoms with Gasteiger partial charge in [-0.15, -0.1) is 0 Å². The Kier molecular flexibility index (Phi) is 2.18. The molecule has 0 aliphatic carbocycles. The zero-order valence-corrected chi connectivity index (χ0v) is 9.43. The van der Waals surface area contributed by atoms with Gasteiger partial charge in [-0.05, 0) is 30.0 Å². The first-order valence-corrected chi connectivity index (χ1v) is 5.79. The quantitative estimate of drug-likeness (QED) is 0.734. The Labute approximate surface area is 95.0 Å². The van der Waals surface area contributed by atoms with Crippen molar-refractivity contribution in [3.05, 3.63) is 29.3 Å². The maximum absolute atomic E-state index is 5.59. The van der Waals surface area contributed by atoms with Crippen molar-refractivity contribution < 1.29 is 9.47 Å². The molecule has 0 atom stereocenters. The smallest absolute Gasteiger partial charge is 0.122 e. The van der Waals surface area contributed by atoms with Gasteiger partial charge in [0, 0.05) is 0 Å². The highest BCUT2D eigenvalue weighted by molar-refractivity contribution is 7.81. The standard InChI is InChI=1S/C12H14O2S/c15-12(7-13-8-12)10-3-4-11-9(6-10)2-1-5-14-11/h3-4,6,15H,1-2,5,7-8H2. The second kappa shape index (κ2) is 3.42. The Balaban J connectivity index is 1.97. The van der Waals surface area contributed by atoms with Gasteiger partial charge in [0.25, 0.3) is 0 Å². The Morgan fingerprint density at radius 2 is 2.13 bits per heavy atom. The lowest BCUT2D eigenvalue weighted by Gasteiger charge is -2.38. The van der Waals surface area contributed by atoms with Crippen LogP contribution in [0.15, 0.2) is 18.2 Å². The van der Waals surface area contributed by atoms with Crippen molar-refractivity contribution in [2.75, 3.05) is 19.8 Å². The average Bonchev–Trinajstić information content (AvgIpc) is 2.25. The van der Waals surface area contributed by atoms with Gasteiger partial charge in [0.05, 0.1) is 24.6 Å². The third-order valence-electron chi connectivity index (χ3n) is 3.13. The summed E-state index contributed by atoms with van der Waals surface area (Å²) < 4.78 is 10.8. The fraction of sp³-hybridized carbons (Fsp3) is 0.500. The van der Waals surface area contributed by atoms with Crippen LogP contribution in [0.4, 0.5) is 0 Å². The Morgan fingerprint density at radius 1 is 1.27 bits per heavy atom. The SMILES string of the molecule is SC1(c2ccc3c(c2)CCCO3)COC1. The first kappa shape index (κ1) is 9.55. The third-order valence-corrected chi connectivity index (χ3v) is 3.64. The van der Waals surface area contributed by atoms with Crippen molar-refractivity contribution in [2.24, 2.45) is 0 Å². The maximum atomic E-state index is 5.59. The number of thiol groups is 1. The number of rotatable bonds is 1. The van der Waals surface area contributed by atoms with Gasteiger partial charge >= 0.3 is 0 Å². The van der Waals surface area contributed by atoms with Gasteiger partial charge < -0.3 is 9.47 Å². The number of fused-ring (bicyclic) bond motifs is 1. The fourth-order valence-electron chi connectivity index (χ4n) is 2.11. The molecule has 0 saturated carbocycles. The van der Waals surface area contributed by atoms with Crippen LogP contribution >= 0.6 is 12.6 Å². The van der Waals surface area contributed by atoms with Gasteiger partial charge in [0.2, 0.25) is 0 Å². The van der Waals surface area contributed by atoms with Crippen LogP contribution < -0.4 is 4.74 Å². The van der Waals surface area contributed by atoms with Gasteiger partial charge in [-0.3, -0.25) is 0 Å². The van der Waals surface area contributed by atoms with Crippen LogP contribution in [-0.2, 0) is 15.9 Å². The van der Waals surface area contributed by atoms with E-state index in [1.165, 1.54) is 11.1 Å². The Bertz CT molecular complexity index is 385. The van der Waals surface area contributed by atoms with Crippen molar-refractivity contribution in [3.63, 3.8) is 0 Å². The van der Waals surface area contributed by atoms with Crippen molar-refractivity contribution in [2.45, 2.75) is 17.6 Å². The summed E-state index contributed by atoms with van der Waals surface area (Å²) >= 11 is 4.66. The summed E-state index contributed by atoms with van der Waals surface area (Å²) in [5.41, 5.74) is 2.58. The highest BCUT2D eigenvalue weighted by Crippen LogP contribution is 2.38. The van der Waals surface area contributed by atoms with E-state index in [4.69, 9.17) is 9.47 Å². The van der Waals surface area contributed by atoms with Crippen molar-refractivity contribution in [3.8, 4) is 5.75 Å². The molecular formula is C12H14O2S. The van der Waals surface area contributed by atoms with Crippen LogP contribution in [0.1, 0.15) is 17.5 Å². The molecule has 1 saturated heterocycles. The molecule has 1 fully saturated rings. The summed E-state index contributed by atoms with van der Waals surface area (Å²) in [5, 5.41) is 0. The Hall–Kier alpha value is -0.670. The second-order valence-corrected chi connectivity index (χ2v) is 5.15. The van der Waals surface area contributed by atoms with E-state index >= 15 is 0 Å². The molecule has 0 N–H and O–H groups in total. The monoisotopic (exact) mass is 222 g/mol. The van der Waals surface area contributed by atoms with Crippen LogP contribution in [0.5, 0.6) is 5.75 Å². The molecule has 2 heterocycles. The molecule has 15 heavy (non-hydrogen) atoms. The third kappa shape index (κ3) is 1.54. The molecule has 0 radical (unpaired) electrons. The van der Waals surface area contributed by atoms with E-state index < -0.39 is 0 Å². The summed E-state index contributed by atoms with van der Waals surface area (Å²) in [5.74, 6) is 1.04. The molecule has 3 rings (SSSR count). The normalized spacial score (nSPS) is 22.5. The van der Waals surface area contributed by atoms with E-state index in [1.54, 1.807) is 0 Å². The topological polar surface area (TPSA) is 18.5 Å². The predicted molar refractivity (Wildman–Crippen MR) is 61.7 cm³/mol. The van der Waals surface area contributed by atoms with E-state index in [0.29, 0.717) is 0 Å². The minimum Gasteiger partial charge on any atom is -0.493 e. The van der Waals surface area contributed by atoms with E-state index in [1.807, 2.05) is 0 Å². The highest BCUT2D eigenvalue weighted by atomic mass is 32.1. The molecule has 3 heteroatoms. The van der Waals surface area contributed by atoms with Crippen molar-refractivity contribution in [1.29, 1.82) is 0 Å². The number of aryl methyl sites for hydroxylation is 1. The van der Waals surface area contributed by atoms with Gasteiger partial charge in [-0.2, -0.15) is 12.6 Å². The highest BCUT2D eigenvalue weighted by Gasteiger charge is 2.36. The average molecular weight is 222 g/mol. The van der Waals surface area contributed by atoms with E-state index in [9.17, 15) is 0 Å². The molecule has 0 aromatic heterocycles.